The molecular weight excluding hydrogens is 620 g/mol. The van der Waals surface area contributed by atoms with E-state index in [9.17, 15) is 9.90 Å². The molecule has 0 bridgehead atoms. The standard InChI is InChI=1S/C23H19I2N3O3/c1-31-22-10-14(2-7-21(22)29)13-26-27-23(30)8-9-28-19-5-3-15(24)11-17(19)18-12-16(25)4-6-20(18)28/h2-7,10-13,29H,8-9H2,1H3,(H,27,30). The zero-order valence-electron chi connectivity index (χ0n) is 16.6. The summed E-state index contributed by atoms with van der Waals surface area (Å²) in [6, 6.07) is 17.6. The van der Waals surface area contributed by atoms with Gasteiger partial charge in [-0.05, 0) is 105 Å². The Bertz CT molecular complexity index is 1260. The molecule has 31 heavy (non-hydrogen) atoms. The number of aromatic hydroxyl groups is 1. The van der Waals surface area contributed by atoms with Crippen molar-refractivity contribution in [2.24, 2.45) is 5.10 Å². The first-order valence-electron chi connectivity index (χ1n) is 9.52. The second-order valence-corrected chi connectivity index (χ2v) is 9.44. The monoisotopic (exact) mass is 639 g/mol. The number of carbonyl (C=O) groups excluding carboxylic acids is 1. The number of carbonyl (C=O) groups is 1. The van der Waals surface area contributed by atoms with Gasteiger partial charge in [0.1, 0.15) is 0 Å². The number of phenolic OH excluding ortho intramolecular Hbond substituents is 1. The first-order valence-corrected chi connectivity index (χ1v) is 11.7. The molecule has 1 aromatic heterocycles. The van der Waals surface area contributed by atoms with Crippen molar-refractivity contribution in [3.8, 4) is 11.5 Å². The van der Waals surface area contributed by atoms with E-state index >= 15 is 0 Å². The van der Waals surface area contributed by atoms with Crippen molar-refractivity contribution in [1.29, 1.82) is 0 Å². The second-order valence-electron chi connectivity index (χ2n) is 6.95. The maximum absolute atomic E-state index is 12.4. The van der Waals surface area contributed by atoms with Crippen LogP contribution in [0.4, 0.5) is 0 Å². The molecule has 1 amide bonds. The maximum atomic E-state index is 12.4. The Labute approximate surface area is 206 Å². The average molecular weight is 639 g/mol. The van der Waals surface area contributed by atoms with Crippen LogP contribution >= 0.6 is 45.2 Å². The lowest BCUT2D eigenvalue weighted by Crippen LogP contribution is -2.19. The summed E-state index contributed by atoms with van der Waals surface area (Å²) in [5.74, 6) is 0.234. The number of nitrogens with one attached hydrogen (secondary N) is 1. The molecule has 0 saturated heterocycles. The highest BCUT2D eigenvalue weighted by molar-refractivity contribution is 14.1. The molecular formula is C23H19I2N3O3. The van der Waals surface area contributed by atoms with Crippen molar-refractivity contribution in [2.45, 2.75) is 13.0 Å². The van der Waals surface area contributed by atoms with Crippen molar-refractivity contribution in [3.63, 3.8) is 0 Å². The van der Waals surface area contributed by atoms with Gasteiger partial charge in [-0.25, -0.2) is 5.43 Å². The fourth-order valence-corrected chi connectivity index (χ4v) is 4.49. The highest BCUT2D eigenvalue weighted by Gasteiger charge is 2.12. The van der Waals surface area contributed by atoms with Crippen molar-refractivity contribution in [2.75, 3.05) is 7.11 Å². The Kier molecular flexibility index (Phi) is 6.65. The van der Waals surface area contributed by atoms with E-state index in [0.29, 0.717) is 24.3 Å². The summed E-state index contributed by atoms with van der Waals surface area (Å²) >= 11 is 4.65. The molecule has 8 heteroatoms. The number of benzene rings is 3. The van der Waals surface area contributed by atoms with Gasteiger partial charge in [-0.3, -0.25) is 4.79 Å². The molecule has 0 unspecified atom stereocenters. The Balaban J connectivity index is 1.49. The molecule has 3 aromatic carbocycles. The Morgan fingerprint density at radius 1 is 1.06 bits per heavy atom. The van der Waals surface area contributed by atoms with E-state index in [1.807, 2.05) is 0 Å². The fraction of sp³-hybridized carbons (Fsp3) is 0.130. The molecule has 0 aliphatic heterocycles. The molecule has 4 rings (SSSR count). The summed E-state index contributed by atoms with van der Waals surface area (Å²) in [5, 5.41) is 16.1. The first kappa shape index (κ1) is 21.9. The Morgan fingerprint density at radius 2 is 1.71 bits per heavy atom. The van der Waals surface area contributed by atoms with Crippen LogP contribution in [0, 0.1) is 7.14 Å². The Hall–Kier alpha value is -2.34. The largest absolute Gasteiger partial charge is 0.504 e. The minimum Gasteiger partial charge on any atom is -0.504 e. The number of halogens is 2. The van der Waals surface area contributed by atoms with Crippen LogP contribution in [0.25, 0.3) is 21.8 Å². The highest BCUT2D eigenvalue weighted by atomic mass is 127. The van der Waals surface area contributed by atoms with Crippen LogP contribution in [0.2, 0.25) is 0 Å². The molecule has 0 fully saturated rings. The number of phenols is 1. The SMILES string of the molecule is COc1cc(C=NNC(=O)CCn2c3ccc(I)cc3c3cc(I)ccc32)ccc1O. The lowest BCUT2D eigenvalue weighted by atomic mass is 10.2. The third-order valence-corrected chi connectivity index (χ3v) is 6.30. The van der Waals surface area contributed by atoms with E-state index < -0.39 is 0 Å². The van der Waals surface area contributed by atoms with Gasteiger partial charge in [-0.1, -0.05) is 0 Å². The van der Waals surface area contributed by atoms with E-state index in [0.717, 1.165) is 11.0 Å². The predicted octanol–water partition coefficient (Wildman–Crippen LogP) is 5.26. The third-order valence-electron chi connectivity index (χ3n) is 4.96. The fourth-order valence-electron chi connectivity index (χ4n) is 3.51. The van der Waals surface area contributed by atoms with E-state index in [1.165, 1.54) is 37.3 Å². The van der Waals surface area contributed by atoms with E-state index in [-0.39, 0.29) is 11.7 Å². The minimum atomic E-state index is -0.173. The molecule has 1 heterocycles. The lowest BCUT2D eigenvalue weighted by molar-refractivity contribution is -0.121. The summed E-state index contributed by atoms with van der Waals surface area (Å²) < 4.78 is 9.62. The van der Waals surface area contributed by atoms with E-state index in [1.54, 1.807) is 12.1 Å². The summed E-state index contributed by atoms with van der Waals surface area (Å²) in [4.78, 5) is 12.4. The molecule has 4 aromatic rings. The lowest BCUT2D eigenvalue weighted by Gasteiger charge is -2.07. The number of hydrogen-bond acceptors (Lipinski definition) is 4. The number of aryl methyl sites for hydroxylation is 1. The number of amides is 1. The van der Waals surface area contributed by atoms with Gasteiger partial charge in [0.25, 0.3) is 0 Å². The van der Waals surface area contributed by atoms with Crippen LogP contribution in [0.5, 0.6) is 11.5 Å². The molecule has 0 aliphatic rings. The van der Waals surface area contributed by atoms with Gasteiger partial charge in [0.2, 0.25) is 5.91 Å². The van der Waals surface area contributed by atoms with Crippen LogP contribution < -0.4 is 10.2 Å². The molecule has 0 spiro atoms. The van der Waals surface area contributed by atoms with Crippen molar-refractivity contribution < 1.29 is 14.6 Å². The highest BCUT2D eigenvalue weighted by Crippen LogP contribution is 2.31. The van der Waals surface area contributed by atoms with Gasteiger partial charge in [0, 0.05) is 41.9 Å². The minimum absolute atomic E-state index is 0.0548. The van der Waals surface area contributed by atoms with E-state index in [4.69, 9.17) is 4.74 Å². The summed E-state index contributed by atoms with van der Waals surface area (Å²) in [7, 11) is 1.48. The molecule has 0 radical (unpaired) electrons. The zero-order valence-corrected chi connectivity index (χ0v) is 20.9. The molecule has 0 aliphatic carbocycles. The average Bonchev–Trinajstić information content (AvgIpc) is 3.05. The molecule has 2 N–H and O–H groups in total. The molecule has 0 atom stereocenters. The summed E-state index contributed by atoms with van der Waals surface area (Å²) in [6.07, 6.45) is 1.82. The third kappa shape index (κ3) is 4.79. The van der Waals surface area contributed by atoms with Gasteiger partial charge in [0.05, 0.1) is 13.3 Å². The van der Waals surface area contributed by atoms with Crippen LogP contribution in [-0.2, 0) is 11.3 Å². The summed E-state index contributed by atoms with van der Waals surface area (Å²) in [5.41, 5.74) is 5.51. The molecule has 0 saturated carbocycles. The summed E-state index contributed by atoms with van der Waals surface area (Å²) in [6.45, 7) is 0.551. The normalized spacial score (nSPS) is 11.5. The van der Waals surface area contributed by atoms with Gasteiger partial charge in [0.15, 0.2) is 11.5 Å². The number of fused-ring (bicyclic) bond motifs is 3. The number of hydrazone groups is 1. The number of nitrogens with zero attached hydrogens (tertiary/aromatic N) is 2. The van der Waals surface area contributed by atoms with Crippen molar-refractivity contribution >= 4 is 79.1 Å². The maximum Gasteiger partial charge on any atom is 0.241 e. The predicted molar refractivity (Wildman–Crippen MR) is 140 cm³/mol. The first-order chi connectivity index (χ1) is 15.0. The van der Waals surface area contributed by atoms with Crippen molar-refractivity contribution in [3.05, 3.63) is 67.3 Å². The zero-order chi connectivity index (χ0) is 22.0. The van der Waals surface area contributed by atoms with Crippen molar-refractivity contribution in [1.82, 2.24) is 9.99 Å². The van der Waals surface area contributed by atoms with Gasteiger partial charge in [-0.15, -0.1) is 0 Å². The topological polar surface area (TPSA) is 75.8 Å². The van der Waals surface area contributed by atoms with Gasteiger partial charge >= 0.3 is 0 Å². The number of rotatable bonds is 6. The van der Waals surface area contributed by atoms with Crippen LogP contribution in [0.1, 0.15) is 12.0 Å². The quantitative estimate of drug-likeness (QED) is 0.172. The van der Waals surface area contributed by atoms with Crippen LogP contribution in [0.3, 0.4) is 0 Å². The van der Waals surface area contributed by atoms with Gasteiger partial charge < -0.3 is 14.4 Å². The number of ether oxygens (including phenoxy) is 1. The molecule has 158 valence electrons. The number of aromatic nitrogens is 1. The molecule has 6 nitrogen and oxygen atoms in total. The van der Waals surface area contributed by atoms with Crippen LogP contribution in [-0.4, -0.2) is 28.9 Å². The van der Waals surface area contributed by atoms with E-state index in [2.05, 4.69) is 96.7 Å². The number of hydrogen-bond donors (Lipinski definition) is 2. The Morgan fingerprint density at radius 3 is 2.32 bits per heavy atom. The van der Waals surface area contributed by atoms with Crippen LogP contribution in [0.15, 0.2) is 59.7 Å². The van der Waals surface area contributed by atoms with Gasteiger partial charge in [-0.2, -0.15) is 5.10 Å². The number of methoxy groups -OCH3 is 1. The second kappa shape index (κ2) is 9.43. The smallest absolute Gasteiger partial charge is 0.241 e.